The number of hydrogen-bond donors (Lipinski definition) is 1. The first kappa shape index (κ1) is 10.8. The number of rotatable bonds is 3. The molecular formula is C11H15N5. The van der Waals surface area contributed by atoms with Crippen LogP contribution < -0.4 is 5.73 Å². The van der Waals surface area contributed by atoms with Crippen LogP contribution in [0.2, 0.25) is 0 Å². The lowest BCUT2D eigenvalue weighted by Gasteiger charge is -2.00. The van der Waals surface area contributed by atoms with E-state index in [-0.39, 0.29) is 0 Å². The van der Waals surface area contributed by atoms with E-state index in [0.29, 0.717) is 18.4 Å². The first-order chi connectivity index (χ1) is 7.70. The van der Waals surface area contributed by atoms with Crippen LogP contribution in [0, 0.1) is 0 Å². The first-order valence-corrected chi connectivity index (χ1v) is 5.26. The highest BCUT2D eigenvalue weighted by Crippen LogP contribution is 2.13. The SMILES string of the molecule is CC(C)c1cnn(-c2ncc(CN)cn2)c1. The monoisotopic (exact) mass is 217 g/mol. The molecule has 0 fully saturated rings. The predicted molar refractivity (Wildman–Crippen MR) is 61.1 cm³/mol. The van der Waals surface area contributed by atoms with Crippen molar-refractivity contribution in [3.63, 3.8) is 0 Å². The Morgan fingerprint density at radius 3 is 2.44 bits per heavy atom. The lowest BCUT2D eigenvalue weighted by atomic mass is 10.1. The van der Waals surface area contributed by atoms with Crippen molar-refractivity contribution < 1.29 is 0 Å². The second kappa shape index (κ2) is 4.40. The molecule has 2 N–H and O–H groups in total. The number of nitrogens with two attached hydrogens (primary N) is 1. The van der Waals surface area contributed by atoms with Gasteiger partial charge in [-0.2, -0.15) is 5.10 Å². The Morgan fingerprint density at radius 2 is 1.94 bits per heavy atom. The highest BCUT2D eigenvalue weighted by molar-refractivity contribution is 5.18. The molecule has 0 radical (unpaired) electrons. The molecular weight excluding hydrogens is 202 g/mol. The summed E-state index contributed by atoms with van der Waals surface area (Å²) in [5.41, 5.74) is 7.57. The van der Waals surface area contributed by atoms with Crippen molar-refractivity contribution in [2.45, 2.75) is 26.3 Å². The van der Waals surface area contributed by atoms with Gasteiger partial charge in [0.05, 0.1) is 6.20 Å². The van der Waals surface area contributed by atoms with Gasteiger partial charge >= 0.3 is 0 Å². The van der Waals surface area contributed by atoms with Gasteiger partial charge in [0.15, 0.2) is 0 Å². The summed E-state index contributed by atoms with van der Waals surface area (Å²) in [6.45, 7) is 4.70. The fraction of sp³-hybridized carbons (Fsp3) is 0.364. The van der Waals surface area contributed by atoms with Gasteiger partial charge < -0.3 is 5.73 Å². The summed E-state index contributed by atoms with van der Waals surface area (Å²) in [5, 5.41) is 4.22. The molecule has 0 aliphatic heterocycles. The molecule has 5 nitrogen and oxygen atoms in total. The molecule has 0 aromatic carbocycles. The van der Waals surface area contributed by atoms with E-state index < -0.39 is 0 Å². The van der Waals surface area contributed by atoms with Crippen LogP contribution in [-0.2, 0) is 6.54 Å². The second-order valence-electron chi connectivity index (χ2n) is 3.97. The molecule has 2 aromatic heterocycles. The van der Waals surface area contributed by atoms with E-state index in [9.17, 15) is 0 Å². The van der Waals surface area contributed by atoms with Crippen LogP contribution >= 0.6 is 0 Å². The molecule has 2 aromatic rings. The van der Waals surface area contributed by atoms with Gasteiger partial charge in [-0.3, -0.25) is 0 Å². The van der Waals surface area contributed by atoms with Gasteiger partial charge in [0.25, 0.3) is 0 Å². The highest BCUT2D eigenvalue weighted by atomic mass is 15.3. The van der Waals surface area contributed by atoms with Crippen LogP contribution in [0.1, 0.15) is 30.9 Å². The molecule has 0 saturated heterocycles. The Balaban J connectivity index is 2.28. The van der Waals surface area contributed by atoms with Gasteiger partial charge in [-0.05, 0) is 11.5 Å². The van der Waals surface area contributed by atoms with Crippen LogP contribution in [0.3, 0.4) is 0 Å². The Hall–Kier alpha value is -1.75. The van der Waals surface area contributed by atoms with Crippen molar-refractivity contribution in [1.29, 1.82) is 0 Å². The molecule has 0 aliphatic rings. The van der Waals surface area contributed by atoms with Crippen LogP contribution in [-0.4, -0.2) is 19.7 Å². The topological polar surface area (TPSA) is 69.6 Å². The molecule has 2 heterocycles. The zero-order chi connectivity index (χ0) is 11.5. The molecule has 0 unspecified atom stereocenters. The van der Waals surface area contributed by atoms with Crippen molar-refractivity contribution in [2.75, 3.05) is 0 Å². The molecule has 0 bridgehead atoms. The van der Waals surface area contributed by atoms with E-state index in [1.165, 1.54) is 5.56 Å². The summed E-state index contributed by atoms with van der Waals surface area (Å²) in [7, 11) is 0. The summed E-state index contributed by atoms with van der Waals surface area (Å²) in [4.78, 5) is 8.40. The van der Waals surface area contributed by atoms with Crippen molar-refractivity contribution in [3.05, 3.63) is 35.9 Å². The summed E-state index contributed by atoms with van der Waals surface area (Å²) < 4.78 is 1.68. The molecule has 84 valence electrons. The fourth-order valence-corrected chi connectivity index (χ4v) is 1.32. The summed E-state index contributed by atoms with van der Waals surface area (Å²) in [6.07, 6.45) is 7.23. The fourth-order valence-electron chi connectivity index (χ4n) is 1.32. The molecule has 16 heavy (non-hydrogen) atoms. The summed E-state index contributed by atoms with van der Waals surface area (Å²) in [5.74, 6) is 1.03. The quantitative estimate of drug-likeness (QED) is 0.839. The van der Waals surface area contributed by atoms with E-state index in [1.807, 2.05) is 12.4 Å². The smallest absolute Gasteiger partial charge is 0.250 e. The normalized spacial score (nSPS) is 11.0. The van der Waals surface area contributed by atoms with Gasteiger partial charge in [0, 0.05) is 30.7 Å². The first-order valence-electron chi connectivity index (χ1n) is 5.26. The zero-order valence-corrected chi connectivity index (χ0v) is 9.46. The minimum absolute atomic E-state index is 0.455. The van der Waals surface area contributed by atoms with Crippen LogP contribution in [0.4, 0.5) is 0 Å². The van der Waals surface area contributed by atoms with Crippen molar-refractivity contribution >= 4 is 0 Å². The lowest BCUT2D eigenvalue weighted by Crippen LogP contribution is -2.04. The third kappa shape index (κ3) is 2.09. The Kier molecular flexibility index (Phi) is 2.96. The highest BCUT2D eigenvalue weighted by Gasteiger charge is 2.05. The maximum atomic E-state index is 5.48. The van der Waals surface area contributed by atoms with Gasteiger partial charge in [-0.15, -0.1) is 0 Å². The van der Waals surface area contributed by atoms with Crippen LogP contribution in [0.15, 0.2) is 24.8 Å². The molecule has 0 amide bonds. The van der Waals surface area contributed by atoms with Gasteiger partial charge in [-0.1, -0.05) is 13.8 Å². The molecule has 0 saturated carbocycles. The largest absolute Gasteiger partial charge is 0.326 e. The maximum Gasteiger partial charge on any atom is 0.250 e. The second-order valence-corrected chi connectivity index (χ2v) is 3.97. The third-order valence-electron chi connectivity index (χ3n) is 2.40. The summed E-state index contributed by atoms with van der Waals surface area (Å²) >= 11 is 0. The molecule has 0 spiro atoms. The van der Waals surface area contributed by atoms with E-state index in [0.717, 1.165) is 5.56 Å². The average Bonchev–Trinajstić information content (AvgIpc) is 2.78. The lowest BCUT2D eigenvalue weighted by molar-refractivity contribution is 0.797. The van der Waals surface area contributed by atoms with E-state index >= 15 is 0 Å². The molecule has 0 atom stereocenters. The Bertz CT molecular complexity index is 457. The van der Waals surface area contributed by atoms with Crippen molar-refractivity contribution in [3.8, 4) is 5.95 Å². The summed E-state index contributed by atoms with van der Waals surface area (Å²) in [6, 6.07) is 0. The maximum absolute atomic E-state index is 5.48. The van der Waals surface area contributed by atoms with E-state index in [2.05, 4.69) is 28.9 Å². The molecule has 2 rings (SSSR count). The van der Waals surface area contributed by atoms with Gasteiger partial charge in [0.2, 0.25) is 5.95 Å². The van der Waals surface area contributed by atoms with Crippen LogP contribution in [0.25, 0.3) is 5.95 Å². The van der Waals surface area contributed by atoms with Crippen molar-refractivity contribution in [1.82, 2.24) is 19.7 Å². The van der Waals surface area contributed by atoms with E-state index in [1.54, 1.807) is 17.1 Å². The Labute approximate surface area is 94.3 Å². The van der Waals surface area contributed by atoms with Crippen LogP contribution in [0.5, 0.6) is 0 Å². The van der Waals surface area contributed by atoms with Crippen molar-refractivity contribution in [2.24, 2.45) is 5.73 Å². The number of nitrogens with zero attached hydrogens (tertiary/aromatic N) is 4. The van der Waals surface area contributed by atoms with E-state index in [4.69, 9.17) is 5.73 Å². The van der Waals surface area contributed by atoms with Gasteiger partial charge in [0.1, 0.15) is 0 Å². The minimum atomic E-state index is 0.455. The molecule has 0 aliphatic carbocycles. The van der Waals surface area contributed by atoms with Gasteiger partial charge in [-0.25, -0.2) is 14.6 Å². The molecule has 5 heteroatoms. The third-order valence-corrected chi connectivity index (χ3v) is 2.40. The Morgan fingerprint density at radius 1 is 1.25 bits per heavy atom. The zero-order valence-electron chi connectivity index (χ0n) is 9.46. The number of hydrogen-bond acceptors (Lipinski definition) is 4. The number of aromatic nitrogens is 4. The standard InChI is InChI=1S/C11H15N5/c1-8(2)10-6-15-16(7-10)11-13-4-9(3-12)5-14-11/h4-8H,3,12H2,1-2H3. The minimum Gasteiger partial charge on any atom is -0.326 e. The average molecular weight is 217 g/mol. The predicted octanol–water partition coefficient (Wildman–Crippen LogP) is 1.24.